The zero-order chi connectivity index (χ0) is 15.2. The first-order chi connectivity index (χ1) is 10.6. The maximum atomic E-state index is 12.9. The second-order valence-electron chi connectivity index (χ2n) is 6.76. The Kier molecular flexibility index (Phi) is 2.56. The zero-order valence-corrected chi connectivity index (χ0v) is 13.9. The van der Waals surface area contributed by atoms with Crippen molar-refractivity contribution in [3.05, 3.63) is 39.8 Å². The fourth-order valence-electron chi connectivity index (χ4n) is 4.86. The molecule has 1 saturated heterocycles. The van der Waals surface area contributed by atoms with Crippen LogP contribution >= 0.6 is 27.5 Å². The monoisotopic (exact) mass is 377 g/mol. The van der Waals surface area contributed by atoms with Crippen LogP contribution in [0.2, 0.25) is 5.02 Å². The first kappa shape index (κ1) is 13.3. The predicted molar refractivity (Wildman–Crippen MR) is 86.3 cm³/mol. The Morgan fingerprint density at radius 1 is 1.05 bits per heavy atom. The number of benzene rings is 1. The Hall–Kier alpha value is -1.13. The first-order valence-electron chi connectivity index (χ1n) is 7.59. The third kappa shape index (κ3) is 1.52. The number of carbonyl (C=O) groups excluding carboxylic acids is 2. The van der Waals surface area contributed by atoms with Crippen molar-refractivity contribution in [3.63, 3.8) is 0 Å². The molecule has 2 bridgehead atoms. The Morgan fingerprint density at radius 3 is 2.18 bits per heavy atom. The molecule has 0 spiro atoms. The van der Waals surface area contributed by atoms with Crippen molar-refractivity contribution in [2.24, 2.45) is 35.5 Å². The molecule has 22 heavy (non-hydrogen) atoms. The highest BCUT2D eigenvalue weighted by Gasteiger charge is 2.67. The highest BCUT2D eigenvalue weighted by atomic mass is 79.9. The van der Waals surface area contributed by atoms with E-state index in [-0.39, 0.29) is 35.5 Å². The second-order valence-corrected chi connectivity index (χ2v) is 8.09. The minimum absolute atomic E-state index is 0.0658. The van der Waals surface area contributed by atoms with E-state index in [2.05, 4.69) is 28.1 Å². The fourth-order valence-corrected chi connectivity index (χ4v) is 5.61. The van der Waals surface area contributed by atoms with Crippen LogP contribution in [-0.4, -0.2) is 11.8 Å². The molecule has 0 N–H and O–H groups in total. The smallest absolute Gasteiger partial charge is 0.238 e. The Morgan fingerprint density at radius 2 is 1.64 bits per heavy atom. The molecule has 0 radical (unpaired) electrons. The van der Waals surface area contributed by atoms with E-state index in [9.17, 15) is 9.59 Å². The Bertz CT molecular complexity index is 725. The summed E-state index contributed by atoms with van der Waals surface area (Å²) < 4.78 is 0.834. The van der Waals surface area contributed by atoms with Crippen molar-refractivity contribution in [1.82, 2.24) is 0 Å². The number of allylic oxidation sites excluding steroid dienone is 2. The van der Waals surface area contributed by atoms with E-state index >= 15 is 0 Å². The van der Waals surface area contributed by atoms with Crippen LogP contribution in [0.3, 0.4) is 0 Å². The highest BCUT2D eigenvalue weighted by molar-refractivity contribution is 9.10. The average Bonchev–Trinajstić information content (AvgIpc) is 3.26. The lowest BCUT2D eigenvalue weighted by atomic mass is 9.63. The summed E-state index contributed by atoms with van der Waals surface area (Å²) in [6.45, 7) is 0. The molecule has 5 heteroatoms. The number of hydrogen-bond acceptors (Lipinski definition) is 2. The third-order valence-electron chi connectivity index (χ3n) is 5.81. The maximum Gasteiger partial charge on any atom is 0.238 e. The molecule has 5 aliphatic rings. The van der Waals surface area contributed by atoms with Crippen molar-refractivity contribution in [1.29, 1.82) is 0 Å². The van der Waals surface area contributed by atoms with Gasteiger partial charge in [0.2, 0.25) is 11.8 Å². The molecule has 0 unspecified atom stereocenters. The van der Waals surface area contributed by atoms with Crippen molar-refractivity contribution < 1.29 is 9.59 Å². The largest absolute Gasteiger partial charge is 0.274 e. The van der Waals surface area contributed by atoms with E-state index in [0.29, 0.717) is 22.5 Å². The third-order valence-corrected chi connectivity index (χ3v) is 6.61. The van der Waals surface area contributed by atoms with Gasteiger partial charge in [-0.25, -0.2) is 4.90 Å². The molecule has 2 saturated carbocycles. The van der Waals surface area contributed by atoms with Crippen LogP contribution in [0, 0.1) is 35.5 Å². The van der Waals surface area contributed by atoms with Gasteiger partial charge in [-0.15, -0.1) is 0 Å². The van der Waals surface area contributed by atoms with E-state index in [1.807, 2.05) is 6.07 Å². The van der Waals surface area contributed by atoms with Gasteiger partial charge in [0.1, 0.15) is 0 Å². The first-order valence-corrected chi connectivity index (χ1v) is 8.76. The molecule has 1 aromatic rings. The lowest BCUT2D eigenvalue weighted by molar-refractivity contribution is -0.124. The summed E-state index contributed by atoms with van der Waals surface area (Å²) in [5, 5.41) is 0.431. The van der Waals surface area contributed by atoms with Crippen LogP contribution in [0.15, 0.2) is 34.8 Å². The summed E-state index contributed by atoms with van der Waals surface area (Å²) in [4.78, 5) is 27.2. The van der Waals surface area contributed by atoms with Gasteiger partial charge in [-0.1, -0.05) is 39.7 Å². The van der Waals surface area contributed by atoms with Gasteiger partial charge in [0.25, 0.3) is 0 Å². The molecule has 0 aromatic heterocycles. The summed E-state index contributed by atoms with van der Waals surface area (Å²) in [7, 11) is 0. The van der Waals surface area contributed by atoms with Crippen molar-refractivity contribution in [2.45, 2.75) is 6.42 Å². The van der Waals surface area contributed by atoms with E-state index in [0.717, 1.165) is 4.47 Å². The van der Waals surface area contributed by atoms with Crippen LogP contribution in [0.5, 0.6) is 0 Å². The SMILES string of the molecule is O=C1[C@@H]2[C@H]3C=C[C@@H]([C@@H]4C[C@H]34)[C@@H]2C(=O)N1c1ccc(Br)cc1Cl. The molecular weight excluding hydrogens is 366 g/mol. The van der Waals surface area contributed by atoms with Gasteiger partial charge in [0.15, 0.2) is 0 Å². The van der Waals surface area contributed by atoms with E-state index in [1.54, 1.807) is 12.1 Å². The van der Waals surface area contributed by atoms with Crippen LogP contribution in [-0.2, 0) is 9.59 Å². The van der Waals surface area contributed by atoms with Crippen LogP contribution in [0.4, 0.5) is 5.69 Å². The van der Waals surface area contributed by atoms with Gasteiger partial charge in [-0.2, -0.15) is 0 Å². The van der Waals surface area contributed by atoms with Gasteiger partial charge in [0, 0.05) is 4.47 Å². The normalized spacial score (nSPS) is 40.9. The van der Waals surface area contributed by atoms with Crippen LogP contribution in [0.25, 0.3) is 0 Å². The summed E-state index contributed by atoms with van der Waals surface area (Å²) in [5.74, 6) is 1.25. The number of halogens is 2. The summed E-state index contributed by atoms with van der Waals surface area (Å²) in [5.41, 5.74) is 0.516. The average molecular weight is 379 g/mol. The summed E-state index contributed by atoms with van der Waals surface area (Å²) in [6, 6.07) is 5.29. The van der Waals surface area contributed by atoms with Crippen molar-refractivity contribution >= 4 is 45.0 Å². The number of amides is 2. The quantitative estimate of drug-likeness (QED) is 0.552. The van der Waals surface area contributed by atoms with Crippen molar-refractivity contribution in [2.75, 3.05) is 4.90 Å². The topological polar surface area (TPSA) is 37.4 Å². The molecule has 6 atom stereocenters. The van der Waals surface area contributed by atoms with Gasteiger partial charge in [-0.05, 0) is 48.3 Å². The minimum atomic E-state index is -0.175. The van der Waals surface area contributed by atoms with E-state index < -0.39 is 0 Å². The highest BCUT2D eigenvalue weighted by Crippen LogP contribution is 2.65. The van der Waals surface area contributed by atoms with Crippen molar-refractivity contribution in [3.8, 4) is 0 Å². The van der Waals surface area contributed by atoms with E-state index in [1.165, 1.54) is 11.3 Å². The molecule has 2 amide bonds. The number of hydrogen-bond donors (Lipinski definition) is 0. The molecule has 112 valence electrons. The molecule has 6 rings (SSSR count). The summed E-state index contributed by atoms with van der Waals surface area (Å²) in [6.07, 6.45) is 5.53. The zero-order valence-electron chi connectivity index (χ0n) is 11.6. The lowest BCUT2D eigenvalue weighted by Gasteiger charge is -2.37. The van der Waals surface area contributed by atoms with Crippen LogP contribution < -0.4 is 4.90 Å². The van der Waals surface area contributed by atoms with Gasteiger partial charge < -0.3 is 0 Å². The molecule has 1 aromatic carbocycles. The van der Waals surface area contributed by atoms with Crippen LogP contribution in [0.1, 0.15) is 6.42 Å². The van der Waals surface area contributed by atoms with Gasteiger partial charge in [0.05, 0.1) is 22.5 Å². The minimum Gasteiger partial charge on any atom is -0.274 e. The van der Waals surface area contributed by atoms with Gasteiger partial charge >= 0.3 is 0 Å². The molecule has 4 aliphatic carbocycles. The standard InChI is InChI=1S/C17H13BrClNO2/c18-7-1-4-13(12(19)5-7)20-16(21)14-8-2-3-9(11-6-10(8)11)15(14)17(20)22/h1-5,8-11,14-15H,6H2/t8-,9-,10-,11+,14-,15+/m0/s1. The Labute approximate surface area is 141 Å². The molecular formula is C17H13BrClNO2. The fraction of sp³-hybridized carbons (Fsp3) is 0.412. The summed E-state index contributed by atoms with van der Waals surface area (Å²) >= 11 is 9.63. The number of anilines is 1. The molecule has 3 fully saturated rings. The van der Waals surface area contributed by atoms with Gasteiger partial charge in [-0.3, -0.25) is 9.59 Å². The lowest BCUT2D eigenvalue weighted by Crippen LogP contribution is -2.40. The van der Waals surface area contributed by atoms with E-state index in [4.69, 9.17) is 11.6 Å². The Balaban J connectivity index is 1.60. The number of rotatable bonds is 1. The number of carbonyl (C=O) groups is 2. The predicted octanol–water partition coefficient (Wildman–Crippen LogP) is 3.66. The molecule has 1 heterocycles. The molecule has 1 aliphatic heterocycles. The number of nitrogens with zero attached hydrogens (tertiary/aromatic N) is 1. The molecule has 3 nitrogen and oxygen atoms in total. The second kappa shape index (κ2) is 4.24. The number of imide groups is 1. The maximum absolute atomic E-state index is 12.9.